The lowest BCUT2D eigenvalue weighted by Crippen LogP contribution is -2.51. The highest BCUT2D eigenvalue weighted by atomic mass is 35.5. The number of rotatable bonds is 6. The van der Waals surface area contributed by atoms with Crippen molar-refractivity contribution in [3.63, 3.8) is 0 Å². The van der Waals surface area contributed by atoms with Gasteiger partial charge in [-0.15, -0.1) is 0 Å². The fourth-order valence-corrected chi connectivity index (χ4v) is 5.72. The molecule has 6 rings (SSSR count). The van der Waals surface area contributed by atoms with Gasteiger partial charge in [0.25, 0.3) is 0 Å². The molecule has 2 aromatic rings. The van der Waals surface area contributed by atoms with Crippen molar-refractivity contribution in [2.45, 2.75) is 62.6 Å². The van der Waals surface area contributed by atoms with E-state index in [0.29, 0.717) is 36.1 Å². The number of anilines is 2. The fraction of sp³-hybridized carbons (Fsp3) is 0.500. The molecule has 3 fully saturated rings. The van der Waals surface area contributed by atoms with Crippen LogP contribution in [0.25, 0.3) is 0 Å². The van der Waals surface area contributed by atoms with E-state index in [1.807, 2.05) is 24.3 Å². The first-order valence-electron chi connectivity index (χ1n) is 12.3. The second-order valence-corrected chi connectivity index (χ2v) is 10.6. The molecule has 2 aliphatic heterocycles. The topological polar surface area (TPSA) is 73.4 Å². The molecule has 1 amide bonds. The molecular weight excluding hydrogens is 448 g/mol. The number of halogens is 1. The summed E-state index contributed by atoms with van der Waals surface area (Å²) in [5.41, 5.74) is 3.21. The third kappa shape index (κ3) is 4.05. The lowest BCUT2D eigenvalue weighted by atomic mass is 9.93. The summed E-state index contributed by atoms with van der Waals surface area (Å²) >= 11 is 6.12. The Hall–Kier alpha value is -2.64. The number of amides is 1. The maximum atomic E-state index is 13.8. The lowest BCUT2D eigenvalue weighted by Gasteiger charge is -2.38. The van der Waals surface area contributed by atoms with Crippen LogP contribution in [0, 0.1) is 0 Å². The van der Waals surface area contributed by atoms with Gasteiger partial charge in [0.1, 0.15) is 18.0 Å². The van der Waals surface area contributed by atoms with Gasteiger partial charge in [0.05, 0.1) is 18.0 Å². The van der Waals surface area contributed by atoms with E-state index in [2.05, 4.69) is 38.9 Å². The van der Waals surface area contributed by atoms with Crippen molar-refractivity contribution in [3.8, 4) is 0 Å². The average molecular weight is 479 g/mol. The van der Waals surface area contributed by atoms with Crippen LogP contribution in [0.15, 0.2) is 42.9 Å². The number of hydrogen-bond acceptors (Lipinski definition) is 6. The molecule has 2 aliphatic carbocycles. The number of carbonyl (C=O) groups excluding carboxylic acids is 1. The summed E-state index contributed by atoms with van der Waals surface area (Å²) in [4.78, 5) is 27.5. The largest absolute Gasteiger partial charge is 0.349 e. The monoisotopic (exact) mass is 478 g/mol. The molecule has 2 saturated carbocycles. The second kappa shape index (κ2) is 8.54. The molecule has 0 unspecified atom stereocenters. The number of allylic oxidation sites excluding steroid dienone is 1. The zero-order valence-corrected chi connectivity index (χ0v) is 20.3. The highest BCUT2D eigenvalue weighted by Gasteiger charge is 2.52. The summed E-state index contributed by atoms with van der Waals surface area (Å²) in [5, 5.41) is 7.61. The summed E-state index contributed by atoms with van der Waals surface area (Å²) in [6, 6.07) is 8.87. The third-order valence-electron chi connectivity index (χ3n) is 7.62. The Morgan fingerprint density at radius 1 is 1.24 bits per heavy atom. The normalized spacial score (nSPS) is 26.4. The summed E-state index contributed by atoms with van der Waals surface area (Å²) < 4.78 is 0. The molecule has 1 saturated heterocycles. The van der Waals surface area contributed by atoms with Crippen LogP contribution in [0.2, 0.25) is 5.02 Å². The minimum absolute atomic E-state index is 0.187. The first-order valence-corrected chi connectivity index (χ1v) is 12.7. The summed E-state index contributed by atoms with van der Waals surface area (Å²) in [7, 11) is 0. The molecule has 7 nitrogen and oxygen atoms in total. The Balaban J connectivity index is 1.21. The summed E-state index contributed by atoms with van der Waals surface area (Å²) in [6.07, 6.45) is 5.92. The van der Waals surface area contributed by atoms with E-state index >= 15 is 0 Å². The first kappa shape index (κ1) is 21.9. The number of aromatic nitrogens is 2. The minimum atomic E-state index is -0.187. The van der Waals surface area contributed by atoms with Crippen LogP contribution in [-0.2, 0) is 4.79 Å². The maximum Gasteiger partial charge on any atom is 0.231 e. The molecule has 8 heteroatoms. The molecule has 34 heavy (non-hydrogen) atoms. The first-order chi connectivity index (χ1) is 16.5. The van der Waals surface area contributed by atoms with Crippen molar-refractivity contribution < 1.29 is 4.79 Å². The van der Waals surface area contributed by atoms with Gasteiger partial charge in [0.15, 0.2) is 0 Å². The molecular formula is C26H31ClN6O. The van der Waals surface area contributed by atoms with Gasteiger partial charge in [-0.1, -0.05) is 37.2 Å². The van der Waals surface area contributed by atoms with E-state index in [4.69, 9.17) is 16.6 Å². The van der Waals surface area contributed by atoms with E-state index in [1.54, 1.807) is 6.33 Å². The second-order valence-electron chi connectivity index (χ2n) is 10.2. The Morgan fingerprint density at radius 3 is 2.79 bits per heavy atom. The molecule has 1 aromatic heterocycles. The Morgan fingerprint density at radius 2 is 2.03 bits per heavy atom. The molecule has 0 radical (unpaired) electrons. The Kier molecular flexibility index (Phi) is 5.49. The molecule has 178 valence electrons. The Labute approximate surface area is 205 Å². The lowest BCUT2D eigenvalue weighted by molar-refractivity contribution is -0.133. The number of hydrogen-bond donors (Lipinski definition) is 2. The van der Waals surface area contributed by atoms with Crippen LogP contribution < -0.4 is 15.5 Å². The SMILES string of the molecule is C=C1C[C@@H](C)c2c(ncnc2N2CCN(C(=O)[C@H](CNC3CC3)c3ccc(Cl)cc3)[C@H]3C[C@H]32)N1. The zero-order valence-electron chi connectivity index (χ0n) is 19.5. The number of nitrogens with one attached hydrogen (secondary N) is 2. The van der Waals surface area contributed by atoms with Gasteiger partial charge >= 0.3 is 0 Å². The van der Waals surface area contributed by atoms with Crippen LogP contribution in [0.4, 0.5) is 11.6 Å². The molecule has 4 aliphatic rings. The predicted octanol–water partition coefficient (Wildman–Crippen LogP) is 3.89. The smallest absolute Gasteiger partial charge is 0.231 e. The third-order valence-corrected chi connectivity index (χ3v) is 7.88. The molecule has 0 spiro atoms. The molecule has 3 heterocycles. The predicted molar refractivity (Wildman–Crippen MR) is 134 cm³/mol. The van der Waals surface area contributed by atoms with Crippen LogP contribution in [0.1, 0.15) is 55.6 Å². The van der Waals surface area contributed by atoms with Crippen molar-refractivity contribution >= 4 is 29.1 Å². The van der Waals surface area contributed by atoms with Crippen molar-refractivity contribution in [3.05, 3.63) is 59.0 Å². The van der Waals surface area contributed by atoms with Gasteiger partial charge in [0, 0.05) is 42.0 Å². The van der Waals surface area contributed by atoms with Crippen LogP contribution in [-0.4, -0.2) is 58.5 Å². The average Bonchev–Trinajstić information content (AvgIpc) is 3.73. The van der Waals surface area contributed by atoms with E-state index < -0.39 is 0 Å². The van der Waals surface area contributed by atoms with E-state index in [9.17, 15) is 4.79 Å². The van der Waals surface area contributed by atoms with Gasteiger partial charge in [-0.3, -0.25) is 4.79 Å². The molecule has 1 aromatic carbocycles. The van der Waals surface area contributed by atoms with Gasteiger partial charge in [-0.2, -0.15) is 0 Å². The number of benzene rings is 1. The fourth-order valence-electron chi connectivity index (χ4n) is 5.60. The van der Waals surface area contributed by atoms with Crippen LogP contribution in [0.3, 0.4) is 0 Å². The van der Waals surface area contributed by atoms with Gasteiger partial charge < -0.3 is 20.4 Å². The van der Waals surface area contributed by atoms with E-state index in [-0.39, 0.29) is 17.9 Å². The maximum absolute atomic E-state index is 13.8. The van der Waals surface area contributed by atoms with Gasteiger partial charge in [0.2, 0.25) is 5.91 Å². The van der Waals surface area contributed by atoms with Crippen molar-refractivity contribution in [1.82, 2.24) is 20.2 Å². The van der Waals surface area contributed by atoms with E-state index in [0.717, 1.165) is 42.3 Å². The quantitative estimate of drug-likeness (QED) is 0.656. The van der Waals surface area contributed by atoms with Crippen LogP contribution >= 0.6 is 11.6 Å². The highest BCUT2D eigenvalue weighted by Crippen LogP contribution is 2.45. The molecule has 4 atom stereocenters. The highest BCUT2D eigenvalue weighted by molar-refractivity contribution is 6.30. The van der Waals surface area contributed by atoms with Crippen molar-refractivity contribution in [1.29, 1.82) is 0 Å². The summed E-state index contributed by atoms with van der Waals surface area (Å²) in [6.45, 7) is 8.48. The van der Waals surface area contributed by atoms with Gasteiger partial charge in [-0.25, -0.2) is 9.97 Å². The molecule has 0 bridgehead atoms. The Bertz CT molecular complexity index is 1120. The summed E-state index contributed by atoms with van der Waals surface area (Å²) in [5.74, 6) is 2.24. The van der Waals surface area contributed by atoms with Crippen molar-refractivity contribution in [2.24, 2.45) is 0 Å². The number of nitrogens with zero attached hydrogens (tertiary/aromatic N) is 4. The standard InChI is InChI=1S/C26H31ClN6O/c1-15-11-16(2)31-24-23(15)25(30-14-29-24)32-9-10-33(22-12-21(22)32)26(34)20(13-28-19-7-8-19)17-3-5-18(27)6-4-17/h3-6,14-15,19-22,28H,2,7-13H2,1H3,(H,29,30,31)/t15-,20-,21-,22+/m1/s1. The van der Waals surface area contributed by atoms with Gasteiger partial charge in [-0.05, 0) is 49.3 Å². The van der Waals surface area contributed by atoms with E-state index in [1.165, 1.54) is 18.4 Å². The number of fused-ring (bicyclic) bond motifs is 2. The number of carbonyl (C=O) groups is 1. The minimum Gasteiger partial charge on any atom is -0.349 e. The van der Waals surface area contributed by atoms with Crippen LogP contribution in [0.5, 0.6) is 0 Å². The zero-order chi connectivity index (χ0) is 23.4. The van der Waals surface area contributed by atoms with Crippen molar-refractivity contribution in [2.75, 3.05) is 29.9 Å². The molecule has 2 N–H and O–H groups in total. The number of piperazine rings is 1.